The highest BCUT2D eigenvalue weighted by atomic mass is 32.2. The average Bonchev–Trinajstić information content (AvgIpc) is 2.46. The monoisotopic (exact) mass is 186 g/mol. The first-order valence-electron chi connectivity index (χ1n) is 3.93. The zero-order chi connectivity index (χ0) is 9.14. The zero-order valence-electron chi connectivity index (χ0n) is 7.61. The van der Waals surface area contributed by atoms with E-state index in [4.69, 9.17) is 5.73 Å². The maximum Gasteiger partial charge on any atom is 0.190 e. The van der Waals surface area contributed by atoms with Crippen LogP contribution in [0.5, 0.6) is 0 Å². The molecule has 1 aromatic heterocycles. The van der Waals surface area contributed by atoms with Crippen molar-refractivity contribution < 1.29 is 0 Å². The maximum absolute atomic E-state index is 5.73. The van der Waals surface area contributed by atoms with E-state index >= 15 is 0 Å². The van der Waals surface area contributed by atoms with Crippen LogP contribution in [0.4, 0.5) is 0 Å². The van der Waals surface area contributed by atoms with Crippen LogP contribution in [-0.4, -0.2) is 21.0 Å². The van der Waals surface area contributed by atoms with Crippen LogP contribution < -0.4 is 5.73 Å². The Morgan fingerprint density at radius 3 is 2.67 bits per heavy atom. The van der Waals surface area contributed by atoms with Gasteiger partial charge in [-0.15, -0.1) is 10.2 Å². The number of aromatic nitrogens is 3. The number of hydrogen-bond acceptors (Lipinski definition) is 4. The molecule has 2 N–H and O–H groups in total. The van der Waals surface area contributed by atoms with Gasteiger partial charge in [-0.2, -0.15) is 0 Å². The number of rotatable bonds is 3. The molecule has 0 bridgehead atoms. The normalized spacial score (nSPS) is 13.3. The van der Waals surface area contributed by atoms with Crippen LogP contribution >= 0.6 is 11.8 Å². The van der Waals surface area contributed by atoms with E-state index in [1.807, 2.05) is 17.7 Å². The van der Waals surface area contributed by atoms with Crippen molar-refractivity contribution in [2.75, 3.05) is 6.26 Å². The fraction of sp³-hybridized carbons (Fsp3) is 0.714. The van der Waals surface area contributed by atoms with Crippen molar-refractivity contribution in [3.63, 3.8) is 0 Å². The van der Waals surface area contributed by atoms with E-state index < -0.39 is 0 Å². The fourth-order valence-electron chi connectivity index (χ4n) is 1.09. The molecular weight excluding hydrogens is 172 g/mol. The second-order valence-electron chi connectivity index (χ2n) is 2.58. The average molecular weight is 186 g/mol. The summed E-state index contributed by atoms with van der Waals surface area (Å²) in [6.07, 6.45) is 1.99. The van der Waals surface area contributed by atoms with Gasteiger partial charge in [0, 0.05) is 6.54 Å². The standard InChI is InChI=1S/C7H14N4S/c1-4-11-6(5(2)8)9-10-7(11)12-3/h5H,4,8H2,1-3H3. The van der Waals surface area contributed by atoms with E-state index in [0.29, 0.717) is 0 Å². The molecule has 0 aliphatic carbocycles. The zero-order valence-corrected chi connectivity index (χ0v) is 8.43. The Labute approximate surface area is 76.5 Å². The van der Waals surface area contributed by atoms with Gasteiger partial charge >= 0.3 is 0 Å². The number of nitrogens with two attached hydrogens (primary N) is 1. The quantitative estimate of drug-likeness (QED) is 0.717. The smallest absolute Gasteiger partial charge is 0.190 e. The Hall–Kier alpha value is -0.550. The second kappa shape index (κ2) is 3.91. The molecule has 0 saturated heterocycles. The molecule has 1 rings (SSSR count). The first-order valence-corrected chi connectivity index (χ1v) is 5.15. The molecule has 5 heteroatoms. The SMILES string of the molecule is CCn1c(SC)nnc1C(C)N. The first-order chi connectivity index (χ1) is 5.70. The van der Waals surface area contributed by atoms with E-state index in [1.165, 1.54) is 0 Å². The second-order valence-corrected chi connectivity index (χ2v) is 3.35. The molecule has 0 spiro atoms. The summed E-state index contributed by atoms with van der Waals surface area (Å²) in [6, 6.07) is -0.0432. The molecule has 0 aromatic carbocycles. The lowest BCUT2D eigenvalue weighted by atomic mass is 10.3. The summed E-state index contributed by atoms with van der Waals surface area (Å²) in [5.41, 5.74) is 5.73. The molecule has 0 aliphatic heterocycles. The lowest BCUT2D eigenvalue weighted by molar-refractivity contribution is 0.603. The van der Waals surface area contributed by atoms with E-state index in [9.17, 15) is 0 Å². The topological polar surface area (TPSA) is 56.7 Å². The first kappa shape index (κ1) is 9.54. The minimum atomic E-state index is -0.0432. The Morgan fingerprint density at radius 2 is 2.25 bits per heavy atom. The minimum absolute atomic E-state index is 0.0432. The van der Waals surface area contributed by atoms with E-state index in [-0.39, 0.29) is 6.04 Å². The van der Waals surface area contributed by atoms with Crippen molar-refractivity contribution in [1.82, 2.24) is 14.8 Å². The molecule has 68 valence electrons. The largest absolute Gasteiger partial charge is 0.322 e. The van der Waals surface area contributed by atoms with Crippen LogP contribution in [0.3, 0.4) is 0 Å². The van der Waals surface area contributed by atoms with Gasteiger partial charge in [-0.25, -0.2) is 0 Å². The summed E-state index contributed by atoms with van der Waals surface area (Å²) in [5, 5.41) is 8.98. The molecule has 1 heterocycles. The van der Waals surface area contributed by atoms with Gasteiger partial charge in [-0.05, 0) is 20.1 Å². The Bertz CT molecular complexity index is 256. The van der Waals surface area contributed by atoms with Crippen molar-refractivity contribution in [1.29, 1.82) is 0 Å². The summed E-state index contributed by atoms with van der Waals surface area (Å²) in [7, 11) is 0. The Morgan fingerprint density at radius 1 is 1.58 bits per heavy atom. The van der Waals surface area contributed by atoms with Gasteiger partial charge in [0.1, 0.15) is 5.82 Å². The van der Waals surface area contributed by atoms with Crippen molar-refractivity contribution in [2.45, 2.75) is 31.6 Å². The van der Waals surface area contributed by atoms with Gasteiger partial charge < -0.3 is 10.3 Å². The van der Waals surface area contributed by atoms with Crippen molar-refractivity contribution in [3.8, 4) is 0 Å². The molecule has 0 amide bonds. The van der Waals surface area contributed by atoms with Crippen LogP contribution in [-0.2, 0) is 6.54 Å². The third-order valence-electron chi connectivity index (χ3n) is 1.65. The Balaban J connectivity index is 3.05. The number of hydrogen-bond donors (Lipinski definition) is 1. The van der Waals surface area contributed by atoms with Crippen LogP contribution in [0.2, 0.25) is 0 Å². The maximum atomic E-state index is 5.73. The van der Waals surface area contributed by atoms with Gasteiger partial charge in [0.25, 0.3) is 0 Å². The van der Waals surface area contributed by atoms with Crippen molar-refractivity contribution >= 4 is 11.8 Å². The van der Waals surface area contributed by atoms with Crippen LogP contribution in [0.25, 0.3) is 0 Å². The molecular formula is C7H14N4S. The van der Waals surface area contributed by atoms with Crippen molar-refractivity contribution in [2.24, 2.45) is 5.73 Å². The lowest BCUT2D eigenvalue weighted by Gasteiger charge is -2.07. The summed E-state index contributed by atoms with van der Waals surface area (Å²) >= 11 is 1.59. The minimum Gasteiger partial charge on any atom is -0.322 e. The third kappa shape index (κ3) is 1.61. The lowest BCUT2D eigenvalue weighted by Crippen LogP contribution is -2.13. The van der Waals surface area contributed by atoms with Crippen LogP contribution in [0, 0.1) is 0 Å². The van der Waals surface area contributed by atoms with E-state index in [2.05, 4.69) is 17.1 Å². The van der Waals surface area contributed by atoms with Gasteiger partial charge in [-0.1, -0.05) is 11.8 Å². The summed E-state index contributed by atoms with van der Waals surface area (Å²) in [4.78, 5) is 0. The van der Waals surface area contributed by atoms with Gasteiger partial charge in [-0.3, -0.25) is 0 Å². The molecule has 12 heavy (non-hydrogen) atoms. The molecule has 1 aromatic rings. The Kier molecular flexibility index (Phi) is 3.11. The molecule has 0 radical (unpaired) electrons. The number of nitrogens with zero attached hydrogens (tertiary/aromatic N) is 3. The highest BCUT2D eigenvalue weighted by molar-refractivity contribution is 7.98. The van der Waals surface area contributed by atoms with E-state index in [0.717, 1.165) is 17.5 Å². The van der Waals surface area contributed by atoms with Crippen LogP contribution in [0.15, 0.2) is 5.16 Å². The van der Waals surface area contributed by atoms with E-state index in [1.54, 1.807) is 11.8 Å². The van der Waals surface area contributed by atoms with Gasteiger partial charge in [0.15, 0.2) is 5.16 Å². The molecule has 0 aliphatic rings. The summed E-state index contributed by atoms with van der Waals surface area (Å²) < 4.78 is 2.04. The summed E-state index contributed by atoms with van der Waals surface area (Å²) in [6.45, 7) is 4.86. The molecule has 0 fully saturated rings. The van der Waals surface area contributed by atoms with Crippen LogP contribution in [0.1, 0.15) is 25.7 Å². The molecule has 4 nitrogen and oxygen atoms in total. The van der Waals surface area contributed by atoms with Crippen molar-refractivity contribution in [3.05, 3.63) is 5.82 Å². The molecule has 1 unspecified atom stereocenters. The predicted molar refractivity (Wildman–Crippen MR) is 50.1 cm³/mol. The predicted octanol–water partition coefficient (Wildman–Crippen LogP) is 1.04. The van der Waals surface area contributed by atoms with Gasteiger partial charge in [0.05, 0.1) is 6.04 Å². The molecule has 0 saturated carbocycles. The highest BCUT2D eigenvalue weighted by Gasteiger charge is 2.12. The van der Waals surface area contributed by atoms with Gasteiger partial charge in [0.2, 0.25) is 0 Å². The number of thioether (sulfide) groups is 1. The highest BCUT2D eigenvalue weighted by Crippen LogP contribution is 2.16. The summed E-state index contributed by atoms with van der Waals surface area (Å²) in [5.74, 6) is 0.863. The third-order valence-corrected chi connectivity index (χ3v) is 2.32. The molecule has 1 atom stereocenters. The fourth-order valence-corrected chi connectivity index (χ4v) is 1.65.